The van der Waals surface area contributed by atoms with Crippen LogP contribution in [0.2, 0.25) is 0 Å². The van der Waals surface area contributed by atoms with Crippen LogP contribution in [0.25, 0.3) is 10.8 Å². The Balaban J connectivity index is 2.72. The predicted molar refractivity (Wildman–Crippen MR) is 52.7 cm³/mol. The van der Waals surface area contributed by atoms with Crippen molar-refractivity contribution >= 4 is 10.8 Å². The Morgan fingerprint density at radius 1 is 1.36 bits per heavy atom. The number of hydrogen-bond acceptors (Lipinski definition) is 3. The van der Waals surface area contributed by atoms with Crippen molar-refractivity contribution in [3.8, 4) is 11.8 Å². The van der Waals surface area contributed by atoms with Gasteiger partial charge in [0.15, 0.2) is 0 Å². The molecular formula is C11H8N2O. The van der Waals surface area contributed by atoms with Gasteiger partial charge < -0.3 is 5.11 Å². The van der Waals surface area contributed by atoms with Gasteiger partial charge in [0.05, 0.1) is 18.2 Å². The summed E-state index contributed by atoms with van der Waals surface area (Å²) in [4.78, 5) is 4.10. The van der Waals surface area contributed by atoms with Crippen LogP contribution in [-0.2, 0) is 6.42 Å². The number of nitriles is 1. The van der Waals surface area contributed by atoms with Crippen LogP contribution < -0.4 is 0 Å². The summed E-state index contributed by atoms with van der Waals surface area (Å²) in [6.45, 7) is 0. The lowest BCUT2D eigenvalue weighted by molar-refractivity contribution is 0.476. The van der Waals surface area contributed by atoms with E-state index < -0.39 is 0 Å². The van der Waals surface area contributed by atoms with E-state index in [0.717, 1.165) is 10.8 Å². The minimum Gasteiger partial charge on any atom is -0.508 e. The minimum absolute atomic E-state index is 0.199. The number of phenolic OH excluding ortho intramolecular Hbond substituents is 1. The first kappa shape index (κ1) is 8.52. The van der Waals surface area contributed by atoms with Gasteiger partial charge in [0, 0.05) is 11.6 Å². The third-order valence-electron chi connectivity index (χ3n) is 2.08. The van der Waals surface area contributed by atoms with Crippen molar-refractivity contribution in [2.24, 2.45) is 0 Å². The van der Waals surface area contributed by atoms with Gasteiger partial charge in [-0.2, -0.15) is 5.26 Å². The van der Waals surface area contributed by atoms with Gasteiger partial charge in [0.2, 0.25) is 0 Å². The summed E-state index contributed by atoms with van der Waals surface area (Å²) in [7, 11) is 0. The molecule has 14 heavy (non-hydrogen) atoms. The standard InChI is InChI=1S/C11H8N2O/c12-5-3-11-10-7-9(14)2-1-8(10)4-6-13-11/h1-2,4,6-7,14H,3H2. The molecule has 0 amide bonds. The molecule has 0 aliphatic heterocycles. The van der Waals surface area contributed by atoms with Crippen molar-refractivity contribution in [2.75, 3.05) is 0 Å². The Labute approximate surface area is 81.2 Å². The molecule has 0 aliphatic rings. The van der Waals surface area contributed by atoms with Gasteiger partial charge in [0.25, 0.3) is 0 Å². The Kier molecular flexibility index (Phi) is 2.04. The van der Waals surface area contributed by atoms with Gasteiger partial charge in [-0.05, 0) is 23.6 Å². The summed E-state index contributed by atoms with van der Waals surface area (Å²) >= 11 is 0. The van der Waals surface area contributed by atoms with Gasteiger partial charge in [0.1, 0.15) is 5.75 Å². The molecule has 68 valence electrons. The molecule has 0 bridgehead atoms. The summed E-state index contributed by atoms with van der Waals surface area (Å²) < 4.78 is 0. The normalized spacial score (nSPS) is 9.93. The first-order valence-corrected chi connectivity index (χ1v) is 4.25. The molecule has 2 aromatic rings. The fourth-order valence-electron chi connectivity index (χ4n) is 1.43. The largest absolute Gasteiger partial charge is 0.508 e. The van der Waals surface area contributed by atoms with E-state index in [4.69, 9.17) is 5.26 Å². The second kappa shape index (κ2) is 3.35. The fraction of sp³-hybridized carbons (Fsp3) is 0.0909. The summed E-state index contributed by atoms with van der Waals surface area (Å²) in [6, 6.07) is 8.98. The van der Waals surface area contributed by atoms with Gasteiger partial charge in [-0.1, -0.05) is 6.07 Å². The SMILES string of the molecule is N#CCc1nccc2ccc(O)cc12. The third kappa shape index (κ3) is 1.38. The van der Waals surface area contributed by atoms with Crippen LogP contribution in [0.4, 0.5) is 0 Å². The number of aromatic hydroxyl groups is 1. The van der Waals surface area contributed by atoms with Gasteiger partial charge in [-0.15, -0.1) is 0 Å². The minimum atomic E-state index is 0.199. The Bertz CT molecular complexity index is 514. The highest BCUT2D eigenvalue weighted by molar-refractivity contribution is 5.85. The Morgan fingerprint density at radius 3 is 3.00 bits per heavy atom. The number of hydrogen-bond donors (Lipinski definition) is 1. The van der Waals surface area contributed by atoms with E-state index >= 15 is 0 Å². The molecule has 0 unspecified atom stereocenters. The molecule has 0 saturated heterocycles. The maximum atomic E-state index is 9.31. The van der Waals surface area contributed by atoms with Gasteiger partial charge in [-0.3, -0.25) is 4.98 Å². The highest BCUT2D eigenvalue weighted by atomic mass is 16.3. The number of rotatable bonds is 1. The number of pyridine rings is 1. The molecule has 3 heteroatoms. The third-order valence-corrected chi connectivity index (χ3v) is 2.08. The second-order valence-electron chi connectivity index (χ2n) is 3.00. The van der Waals surface area contributed by atoms with Crippen LogP contribution in [0.5, 0.6) is 5.75 Å². The van der Waals surface area contributed by atoms with E-state index in [1.807, 2.05) is 12.1 Å². The van der Waals surface area contributed by atoms with Gasteiger partial charge in [-0.25, -0.2) is 0 Å². The van der Waals surface area contributed by atoms with Crippen LogP contribution in [0, 0.1) is 11.3 Å². The quantitative estimate of drug-likeness (QED) is 0.737. The van der Waals surface area contributed by atoms with Crippen molar-refractivity contribution in [1.82, 2.24) is 4.98 Å². The molecule has 0 fully saturated rings. The molecule has 0 aliphatic carbocycles. The molecule has 1 N–H and O–H groups in total. The summed E-state index contributed by atoms with van der Waals surface area (Å²) in [6.07, 6.45) is 1.94. The average molecular weight is 184 g/mol. The molecule has 0 radical (unpaired) electrons. The van der Waals surface area contributed by atoms with Gasteiger partial charge >= 0.3 is 0 Å². The first-order chi connectivity index (χ1) is 6.81. The molecule has 3 nitrogen and oxygen atoms in total. The molecule has 0 saturated carbocycles. The lowest BCUT2D eigenvalue weighted by Crippen LogP contribution is -1.88. The highest BCUT2D eigenvalue weighted by Crippen LogP contribution is 2.21. The maximum absolute atomic E-state index is 9.31. The lowest BCUT2D eigenvalue weighted by Gasteiger charge is -2.02. The molecule has 0 spiro atoms. The first-order valence-electron chi connectivity index (χ1n) is 4.25. The van der Waals surface area contributed by atoms with Crippen LogP contribution in [0.1, 0.15) is 5.69 Å². The number of fused-ring (bicyclic) bond motifs is 1. The van der Waals surface area contributed by atoms with Crippen LogP contribution in [0.3, 0.4) is 0 Å². The number of aromatic nitrogens is 1. The van der Waals surface area contributed by atoms with Crippen molar-refractivity contribution in [2.45, 2.75) is 6.42 Å². The zero-order valence-corrected chi connectivity index (χ0v) is 7.44. The maximum Gasteiger partial charge on any atom is 0.116 e. The Morgan fingerprint density at radius 2 is 2.21 bits per heavy atom. The number of nitrogens with zero attached hydrogens (tertiary/aromatic N) is 2. The molecule has 1 heterocycles. The average Bonchev–Trinajstić information content (AvgIpc) is 2.19. The molecule has 1 aromatic heterocycles. The predicted octanol–water partition coefficient (Wildman–Crippen LogP) is 2.01. The molecule has 1 aromatic carbocycles. The van der Waals surface area contributed by atoms with E-state index in [-0.39, 0.29) is 12.2 Å². The van der Waals surface area contributed by atoms with E-state index in [9.17, 15) is 5.11 Å². The zero-order chi connectivity index (χ0) is 9.97. The van der Waals surface area contributed by atoms with Crippen molar-refractivity contribution in [1.29, 1.82) is 5.26 Å². The monoisotopic (exact) mass is 184 g/mol. The number of phenols is 1. The highest BCUT2D eigenvalue weighted by Gasteiger charge is 2.02. The summed E-state index contributed by atoms with van der Waals surface area (Å²) in [5, 5.41) is 19.7. The summed E-state index contributed by atoms with van der Waals surface area (Å²) in [5.74, 6) is 0.199. The molecule has 0 atom stereocenters. The number of benzene rings is 1. The molecular weight excluding hydrogens is 176 g/mol. The van der Waals surface area contributed by atoms with Crippen molar-refractivity contribution < 1.29 is 5.11 Å². The van der Waals surface area contributed by atoms with Crippen molar-refractivity contribution in [3.63, 3.8) is 0 Å². The van der Waals surface area contributed by atoms with Crippen LogP contribution >= 0.6 is 0 Å². The van der Waals surface area contributed by atoms with Crippen molar-refractivity contribution in [3.05, 3.63) is 36.2 Å². The van der Waals surface area contributed by atoms with E-state index in [1.54, 1.807) is 18.3 Å². The van der Waals surface area contributed by atoms with Crippen LogP contribution in [-0.4, -0.2) is 10.1 Å². The molecule has 2 rings (SSSR count). The van der Waals surface area contributed by atoms with E-state index in [0.29, 0.717) is 5.69 Å². The Hall–Kier alpha value is -2.08. The van der Waals surface area contributed by atoms with Crippen LogP contribution in [0.15, 0.2) is 30.5 Å². The van der Waals surface area contributed by atoms with E-state index in [2.05, 4.69) is 11.1 Å². The van der Waals surface area contributed by atoms with E-state index in [1.165, 1.54) is 0 Å². The lowest BCUT2D eigenvalue weighted by atomic mass is 10.1. The smallest absolute Gasteiger partial charge is 0.116 e. The summed E-state index contributed by atoms with van der Waals surface area (Å²) in [5.41, 5.74) is 0.709. The zero-order valence-electron chi connectivity index (χ0n) is 7.44. The topological polar surface area (TPSA) is 56.9 Å². The second-order valence-corrected chi connectivity index (χ2v) is 3.00. The fourth-order valence-corrected chi connectivity index (χ4v) is 1.43.